The minimum atomic E-state index is 0.629. The number of nitrogens with one attached hydrogen (secondary N) is 1. The van der Waals surface area contributed by atoms with Crippen LogP contribution in [0.25, 0.3) is 0 Å². The van der Waals surface area contributed by atoms with Crippen LogP contribution in [0.1, 0.15) is 30.9 Å². The van der Waals surface area contributed by atoms with Crippen LogP contribution in [-0.2, 0) is 6.54 Å². The van der Waals surface area contributed by atoms with E-state index in [2.05, 4.69) is 55.4 Å². The molecule has 0 bridgehead atoms. The van der Waals surface area contributed by atoms with Crippen molar-refractivity contribution in [1.29, 1.82) is 0 Å². The van der Waals surface area contributed by atoms with Gasteiger partial charge in [-0.2, -0.15) is 0 Å². The molecule has 1 heterocycles. The first kappa shape index (κ1) is 13.6. The molecule has 18 heavy (non-hydrogen) atoms. The van der Waals surface area contributed by atoms with Crippen molar-refractivity contribution in [3.8, 4) is 0 Å². The van der Waals surface area contributed by atoms with Crippen LogP contribution in [0.2, 0.25) is 0 Å². The Morgan fingerprint density at radius 1 is 1.39 bits per heavy atom. The van der Waals surface area contributed by atoms with Gasteiger partial charge in [-0.3, -0.25) is 4.90 Å². The van der Waals surface area contributed by atoms with E-state index in [4.69, 9.17) is 0 Å². The van der Waals surface area contributed by atoms with E-state index in [1.807, 2.05) is 0 Å². The third-order valence-corrected chi connectivity index (χ3v) is 4.36. The molecule has 1 aromatic rings. The van der Waals surface area contributed by atoms with Gasteiger partial charge in [0.2, 0.25) is 0 Å². The highest BCUT2D eigenvalue weighted by Crippen LogP contribution is 2.22. The number of nitrogens with zero attached hydrogens (tertiary/aromatic N) is 1. The van der Waals surface area contributed by atoms with Crippen molar-refractivity contribution >= 4 is 0 Å². The summed E-state index contributed by atoms with van der Waals surface area (Å²) in [4.78, 5) is 2.62. The van der Waals surface area contributed by atoms with Crippen LogP contribution in [0.3, 0.4) is 0 Å². The summed E-state index contributed by atoms with van der Waals surface area (Å²) in [5.74, 6) is 0.799. The van der Waals surface area contributed by atoms with Gasteiger partial charge >= 0.3 is 0 Å². The summed E-state index contributed by atoms with van der Waals surface area (Å²) in [5.41, 5.74) is 2.90. The molecule has 0 amide bonds. The second kappa shape index (κ2) is 6.35. The van der Waals surface area contributed by atoms with E-state index in [-0.39, 0.29) is 0 Å². The topological polar surface area (TPSA) is 15.3 Å². The third kappa shape index (κ3) is 3.33. The van der Waals surface area contributed by atoms with Gasteiger partial charge in [-0.05, 0) is 57.3 Å². The fraction of sp³-hybridized carbons (Fsp3) is 0.625. The standard InChI is InChI=1S/C16H26N2/c1-13-7-4-5-8-15(13)11-18-10-6-9-16(12-18)14(2)17-3/h4-5,7-8,14,16-17H,6,9-12H2,1-3H3. The predicted molar refractivity (Wildman–Crippen MR) is 77.7 cm³/mol. The molecule has 1 aliphatic rings. The van der Waals surface area contributed by atoms with Gasteiger partial charge in [-0.1, -0.05) is 24.3 Å². The molecule has 2 unspecified atom stereocenters. The van der Waals surface area contributed by atoms with E-state index < -0.39 is 0 Å². The molecule has 0 spiro atoms. The number of aryl methyl sites for hydroxylation is 1. The molecule has 0 saturated carbocycles. The van der Waals surface area contributed by atoms with E-state index in [0.29, 0.717) is 6.04 Å². The minimum Gasteiger partial charge on any atom is -0.317 e. The average Bonchev–Trinajstić information content (AvgIpc) is 2.41. The zero-order valence-electron chi connectivity index (χ0n) is 11.9. The lowest BCUT2D eigenvalue weighted by molar-refractivity contribution is 0.146. The normalized spacial score (nSPS) is 22.9. The van der Waals surface area contributed by atoms with Crippen LogP contribution >= 0.6 is 0 Å². The monoisotopic (exact) mass is 246 g/mol. The lowest BCUT2D eigenvalue weighted by Crippen LogP contribution is -2.43. The Bertz CT molecular complexity index is 375. The van der Waals surface area contributed by atoms with Crippen molar-refractivity contribution < 1.29 is 0 Å². The Labute approximate surface area is 111 Å². The lowest BCUT2D eigenvalue weighted by atomic mass is 9.91. The molecule has 1 saturated heterocycles. The maximum absolute atomic E-state index is 3.40. The van der Waals surface area contributed by atoms with Gasteiger partial charge in [-0.15, -0.1) is 0 Å². The van der Waals surface area contributed by atoms with Crippen molar-refractivity contribution in [3.05, 3.63) is 35.4 Å². The van der Waals surface area contributed by atoms with Gasteiger partial charge in [-0.25, -0.2) is 0 Å². The van der Waals surface area contributed by atoms with E-state index >= 15 is 0 Å². The summed E-state index contributed by atoms with van der Waals surface area (Å²) in [6.07, 6.45) is 2.70. The van der Waals surface area contributed by atoms with Gasteiger partial charge in [0.05, 0.1) is 0 Å². The highest BCUT2D eigenvalue weighted by atomic mass is 15.1. The Morgan fingerprint density at radius 2 is 2.17 bits per heavy atom. The summed E-state index contributed by atoms with van der Waals surface area (Å²) < 4.78 is 0. The largest absolute Gasteiger partial charge is 0.317 e. The SMILES string of the molecule is CNC(C)C1CCCN(Cc2ccccc2C)C1. The zero-order valence-corrected chi connectivity index (χ0v) is 11.9. The first-order valence-electron chi connectivity index (χ1n) is 7.15. The third-order valence-electron chi connectivity index (χ3n) is 4.36. The van der Waals surface area contributed by atoms with Gasteiger partial charge < -0.3 is 5.32 Å². The molecule has 2 heteroatoms. The van der Waals surface area contributed by atoms with Crippen LogP contribution in [0, 0.1) is 12.8 Å². The maximum atomic E-state index is 3.40. The van der Waals surface area contributed by atoms with Crippen molar-refractivity contribution in [1.82, 2.24) is 10.2 Å². The van der Waals surface area contributed by atoms with Crippen LogP contribution < -0.4 is 5.32 Å². The van der Waals surface area contributed by atoms with E-state index in [1.54, 1.807) is 0 Å². The van der Waals surface area contributed by atoms with Crippen molar-refractivity contribution in [2.75, 3.05) is 20.1 Å². The van der Waals surface area contributed by atoms with Gasteiger partial charge in [0.25, 0.3) is 0 Å². The lowest BCUT2D eigenvalue weighted by Gasteiger charge is -2.36. The van der Waals surface area contributed by atoms with Crippen molar-refractivity contribution in [2.45, 2.75) is 39.3 Å². The Kier molecular flexibility index (Phi) is 4.79. The van der Waals surface area contributed by atoms with Crippen LogP contribution in [0.15, 0.2) is 24.3 Å². The Morgan fingerprint density at radius 3 is 2.89 bits per heavy atom. The van der Waals surface area contributed by atoms with E-state index in [0.717, 1.165) is 12.5 Å². The van der Waals surface area contributed by atoms with Crippen LogP contribution in [0.5, 0.6) is 0 Å². The van der Waals surface area contributed by atoms with Crippen molar-refractivity contribution in [2.24, 2.45) is 5.92 Å². The predicted octanol–water partition coefficient (Wildman–Crippen LogP) is 2.81. The molecule has 0 aromatic heterocycles. The molecule has 1 N–H and O–H groups in total. The fourth-order valence-electron chi connectivity index (χ4n) is 2.91. The molecule has 2 nitrogen and oxygen atoms in total. The number of piperidine rings is 1. The zero-order chi connectivity index (χ0) is 13.0. The molecule has 1 aliphatic heterocycles. The molecule has 1 aromatic carbocycles. The smallest absolute Gasteiger partial charge is 0.0236 e. The highest BCUT2D eigenvalue weighted by molar-refractivity contribution is 5.25. The number of hydrogen-bond donors (Lipinski definition) is 1. The quantitative estimate of drug-likeness (QED) is 0.879. The van der Waals surface area contributed by atoms with Crippen LogP contribution in [0.4, 0.5) is 0 Å². The van der Waals surface area contributed by atoms with Gasteiger partial charge in [0.1, 0.15) is 0 Å². The number of likely N-dealkylation sites (tertiary alicyclic amines) is 1. The maximum Gasteiger partial charge on any atom is 0.0236 e. The van der Waals surface area contributed by atoms with Gasteiger partial charge in [0.15, 0.2) is 0 Å². The Balaban J connectivity index is 1.96. The first-order chi connectivity index (χ1) is 8.70. The van der Waals surface area contributed by atoms with Gasteiger partial charge in [0, 0.05) is 19.1 Å². The van der Waals surface area contributed by atoms with E-state index in [1.165, 1.54) is 37.1 Å². The molecule has 0 radical (unpaired) electrons. The number of benzene rings is 1. The average molecular weight is 246 g/mol. The first-order valence-corrected chi connectivity index (χ1v) is 7.15. The van der Waals surface area contributed by atoms with Crippen LogP contribution in [-0.4, -0.2) is 31.1 Å². The molecule has 0 aliphatic carbocycles. The second-order valence-electron chi connectivity index (χ2n) is 5.64. The number of rotatable bonds is 4. The van der Waals surface area contributed by atoms with Crippen molar-refractivity contribution in [3.63, 3.8) is 0 Å². The second-order valence-corrected chi connectivity index (χ2v) is 5.64. The summed E-state index contributed by atoms with van der Waals surface area (Å²) in [6.45, 7) is 8.12. The fourth-order valence-corrected chi connectivity index (χ4v) is 2.91. The molecule has 2 atom stereocenters. The minimum absolute atomic E-state index is 0.629. The molecule has 2 rings (SSSR count). The molecule has 1 fully saturated rings. The number of hydrogen-bond acceptors (Lipinski definition) is 2. The molecular formula is C16H26N2. The van der Waals surface area contributed by atoms with E-state index in [9.17, 15) is 0 Å². The summed E-state index contributed by atoms with van der Waals surface area (Å²) in [5, 5.41) is 3.40. The summed E-state index contributed by atoms with van der Waals surface area (Å²) >= 11 is 0. The summed E-state index contributed by atoms with van der Waals surface area (Å²) in [7, 11) is 2.07. The molecular weight excluding hydrogens is 220 g/mol. The highest BCUT2D eigenvalue weighted by Gasteiger charge is 2.23. The summed E-state index contributed by atoms with van der Waals surface area (Å²) in [6, 6.07) is 9.39. The molecule has 100 valence electrons. The Hall–Kier alpha value is -0.860.